The first-order valence-corrected chi connectivity index (χ1v) is 4.56. The molecule has 0 atom stereocenters. The lowest BCUT2D eigenvalue weighted by Gasteiger charge is -1.99. The minimum atomic E-state index is -1.39. The van der Waals surface area contributed by atoms with Crippen LogP contribution in [0.25, 0.3) is 6.08 Å². The average molecular weight is 190 g/mol. The Morgan fingerprint density at radius 1 is 1.36 bits per heavy atom. The van der Waals surface area contributed by atoms with E-state index < -0.39 is 7.12 Å². The maximum absolute atomic E-state index is 8.65. The summed E-state index contributed by atoms with van der Waals surface area (Å²) in [4.78, 5) is 0. The van der Waals surface area contributed by atoms with Gasteiger partial charge < -0.3 is 14.8 Å². The van der Waals surface area contributed by atoms with Crippen LogP contribution >= 0.6 is 0 Å². The molecule has 1 heterocycles. The number of fused-ring (bicyclic) bond motifs is 1. The van der Waals surface area contributed by atoms with E-state index in [-0.39, 0.29) is 0 Å². The molecule has 0 bridgehead atoms. The molecule has 0 amide bonds. The van der Waals surface area contributed by atoms with Gasteiger partial charge in [-0.25, -0.2) is 0 Å². The summed E-state index contributed by atoms with van der Waals surface area (Å²) >= 11 is 0. The van der Waals surface area contributed by atoms with Crippen molar-refractivity contribution in [1.82, 2.24) is 0 Å². The Morgan fingerprint density at radius 2 is 2.21 bits per heavy atom. The molecule has 14 heavy (non-hydrogen) atoms. The molecule has 1 aromatic carbocycles. The van der Waals surface area contributed by atoms with E-state index in [1.54, 1.807) is 6.08 Å². The Morgan fingerprint density at radius 3 is 3.00 bits per heavy atom. The van der Waals surface area contributed by atoms with E-state index in [2.05, 4.69) is 0 Å². The van der Waals surface area contributed by atoms with Crippen molar-refractivity contribution in [3.8, 4) is 5.75 Å². The van der Waals surface area contributed by atoms with Gasteiger partial charge in [0.05, 0.1) is 6.61 Å². The molecule has 0 fully saturated rings. The maximum Gasteiger partial charge on any atom is 0.480 e. The molecule has 3 nitrogen and oxygen atoms in total. The van der Waals surface area contributed by atoms with Crippen LogP contribution in [0.5, 0.6) is 5.75 Å². The molecule has 0 unspecified atom stereocenters. The lowest BCUT2D eigenvalue weighted by Crippen LogP contribution is -2.05. The third kappa shape index (κ3) is 1.97. The standard InChI is InChI=1S/C10H11BO3/c12-11(13)5-3-8-1-2-10-9(7-8)4-6-14-10/h1-3,5,7,12-13H,4,6H2/b5-3+. The molecule has 0 aromatic heterocycles. The van der Waals surface area contributed by atoms with Gasteiger partial charge >= 0.3 is 7.12 Å². The largest absolute Gasteiger partial charge is 0.493 e. The van der Waals surface area contributed by atoms with Gasteiger partial charge in [-0.2, -0.15) is 0 Å². The topological polar surface area (TPSA) is 49.7 Å². The number of ether oxygens (including phenoxy) is 1. The fourth-order valence-corrected chi connectivity index (χ4v) is 1.51. The van der Waals surface area contributed by atoms with Gasteiger partial charge in [-0.05, 0) is 23.3 Å². The van der Waals surface area contributed by atoms with E-state index in [9.17, 15) is 0 Å². The fraction of sp³-hybridized carbons (Fsp3) is 0.200. The predicted octanol–water partition coefficient (Wildman–Crippen LogP) is 0.647. The Balaban J connectivity index is 2.20. The SMILES string of the molecule is OB(O)/C=C/c1ccc2c(c1)CCO2. The molecule has 2 N–H and O–H groups in total. The summed E-state index contributed by atoms with van der Waals surface area (Å²) in [5, 5.41) is 17.3. The second-order valence-electron chi connectivity index (χ2n) is 3.24. The van der Waals surface area contributed by atoms with Crippen LogP contribution in [0.2, 0.25) is 0 Å². The van der Waals surface area contributed by atoms with E-state index in [0.29, 0.717) is 0 Å². The highest BCUT2D eigenvalue weighted by molar-refractivity contribution is 6.48. The van der Waals surface area contributed by atoms with Crippen LogP contribution in [0.4, 0.5) is 0 Å². The zero-order valence-corrected chi connectivity index (χ0v) is 7.68. The van der Waals surface area contributed by atoms with Gasteiger partial charge in [0.1, 0.15) is 5.75 Å². The van der Waals surface area contributed by atoms with Crippen LogP contribution in [0, 0.1) is 0 Å². The average Bonchev–Trinajstić information content (AvgIpc) is 2.61. The Hall–Kier alpha value is -1.26. The van der Waals surface area contributed by atoms with E-state index in [1.165, 1.54) is 11.5 Å². The van der Waals surface area contributed by atoms with Gasteiger partial charge in [0.25, 0.3) is 0 Å². The van der Waals surface area contributed by atoms with Crippen molar-refractivity contribution >= 4 is 13.2 Å². The first kappa shape index (κ1) is 9.31. The molecule has 0 radical (unpaired) electrons. The molecule has 0 saturated carbocycles. The van der Waals surface area contributed by atoms with Crippen LogP contribution in [-0.4, -0.2) is 23.8 Å². The van der Waals surface area contributed by atoms with Crippen molar-refractivity contribution in [3.05, 3.63) is 35.3 Å². The highest BCUT2D eigenvalue weighted by atomic mass is 16.5. The summed E-state index contributed by atoms with van der Waals surface area (Å²) < 4.78 is 5.36. The molecule has 2 rings (SSSR count). The van der Waals surface area contributed by atoms with E-state index in [1.807, 2.05) is 18.2 Å². The van der Waals surface area contributed by atoms with Crippen LogP contribution < -0.4 is 4.74 Å². The highest BCUT2D eigenvalue weighted by Gasteiger charge is 2.11. The number of benzene rings is 1. The Labute approximate surface area is 82.8 Å². The quantitative estimate of drug-likeness (QED) is 0.673. The third-order valence-electron chi connectivity index (χ3n) is 2.17. The third-order valence-corrected chi connectivity index (χ3v) is 2.17. The highest BCUT2D eigenvalue weighted by Crippen LogP contribution is 2.26. The summed E-state index contributed by atoms with van der Waals surface area (Å²) in [7, 11) is -1.39. The van der Waals surface area contributed by atoms with Gasteiger partial charge in [-0.15, -0.1) is 0 Å². The molecule has 0 spiro atoms. The monoisotopic (exact) mass is 190 g/mol. The normalized spacial score (nSPS) is 14.1. The van der Waals surface area contributed by atoms with Crippen molar-refractivity contribution in [2.24, 2.45) is 0 Å². The summed E-state index contributed by atoms with van der Waals surface area (Å²) in [5.74, 6) is 2.27. The zero-order chi connectivity index (χ0) is 9.97. The van der Waals surface area contributed by atoms with E-state index in [0.717, 1.165) is 24.3 Å². The van der Waals surface area contributed by atoms with Crippen LogP contribution in [0.15, 0.2) is 24.2 Å². The van der Waals surface area contributed by atoms with Crippen molar-refractivity contribution in [2.45, 2.75) is 6.42 Å². The second-order valence-corrected chi connectivity index (χ2v) is 3.24. The van der Waals surface area contributed by atoms with Crippen LogP contribution in [-0.2, 0) is 6.42 Å². The molecule has 4 heteroatoms. The molecule has 72 valence electrons. The lowest BCUT2D eigenvalue weighted by molar-refractivity contribution is 0.357. The summed E-state index contributed by atoms with van der Waals surface area (Å²) in [6, 6.07) is 5.80. The van der Waals surface area contributed by atoms with Gasteiger partial charge in [-0.1, -0.05) is 18.1 Å². The molecule has 1 aliphatic rings. The number of hydrogen-bond donors (Lipinski definition) is 2. The van der Waals surface area contributed by atoms with E-state index in [4.69, 9.17) is 14.8 Å². The first-order chi connectivity index (χ1) is 6.75. The predicted molar refractivity (Wildman–Crippen MR) is 54.9 cm³/mol. The van der Waals surface area contributed by atoms with Gasteiger partial charge in [0.2, 0.25) is 0 Å². The van der Waals surface area contributed by atoms with Crippen LogP contribution in [0.1, 0.15) is 11.1 Å². The van der Waals surface area contributed by atoms with Gasteiger partial charge in [-0.3, -0.25) is 0 Å². The van der Waals surface area contributed by atoms with Crippen molar-refractivity contribution < 1.29 is 14.8 Å². The first-order valence-electron chi connectivity index (χ1n) is 4.56. The van der Waals surface area contributed by atoms with Crippen LogP contribution in [0.3, 0.4) is 0 Å². The molecular weight excluding hydrogens is 179 g/mol. The molecule has 1 aliphatic heterocycles. The summed E-state index contributed by atoms with van der Waals surface area (Å²) in [5.41, 5.74) is 2.14. The Bertz CT molecular complexity index is 360. The lowest BCUT2D eigenvalue weighted by atomic mass is 9.90. The minimum Gasteiger partial charge on any atom is -0.493 e. The minimum absolute atomic E-state index is 0.741. The fourth-order valence-electron chi connectivity index (χ4n) is 1.51. The second kappa shape index (κ2) is 3.86. The smallest absolute Gasteiger partial charge is 0.480 e. The summed E-state index contributed by atoms with van der Waals surface area (Å²) in [6.07, 6.45) is 2.61. The van der Waals surface area contributed by atoms with Crippen molar-refractivity contribution in [3.63, 3.8) is 0 Å². The number of rotatable bonds is 2. The maximum atomic E-state index is 8.65. The molecular formula is C10H11BO3. The van der Waals surface area contributed by atoms with Crippen molar-refractivity contribution in [2.75, 3.05) is 6.61 Å². The van der Waals surface area contributed by atoms with Crippen molar-refractivity contribution in [1.29, 1.82) is 0 Å². The van der Waals surface area contributed by atoms with Gasteiger partial charge in [0.15, 0.2) is 0 Å². The number of hydrogen-bond acceptors (Lipinski definition) is 3. The van der Waals surface area contributed by atoms with E-state index >= 15 is 0 Å². The molecule has 0 aliphatic carbocycles. The van der Waals surface area contributed by atoms with Gasteiger partial charge in [0, 0.05) is 6.42 Å². The molecule has 1 aromatic rings. The molecule has 0 saturated heterocycles. The Kier molecular flexibility index (Phi) is 2.57. The zero-order valence-electron chi connectivity index (χ0n) is 7.68. The summed E-state index contributed by atoms with van der Waals surface area (Å²) in [6.45, 7) is 0.741.